The van der Waals surface area contributed by atoms with Crippen LogP contribution in [0.25, 0.3) is 0 Å². The van der Waals surface area contributed by atoms with Crippen molar-refractivity contribution in [3.63, 3.8) is 0 Å². The zero-order chi connectivity index (χ0) is 46.5. The van der Waals surface area contributed by atoms with E-state index in [4.69, 9.17) is 14.2 Å². The van der Waals surface area contributed by atoms with Gasteiger partial charge in [-0.15, -0.1) is 0 Å². The monoisotopic (exact) mass is 895 g/mol. The molecule has 370 valence electrons. The number of hydrogen-bond acceptors (Lipinski definition) is 6. The van der Waals surface area contributed by atoms with Crippen LogP contribution in [-0.2, 0) is 28.6 Å². The van der Waals surface area contributed by atoms with Crippen molar-refractivity contribution in [2.24, 2.45) is 0 Å². The average molecular weight is 895 g/mol. The minimum absolute atomic E-state index is 0.0832. The van der Waals surface area contributed by atoms with Crippen molar-refractivity contribution in [3.05, 3.63) is 60.8 Å². The Kier molecular flexibility index (Phi) is 50.4. The molecule has 64 heavy (non-hydrogen) atoms. The quantitative estimate of drug-likeness (QED) is 0.0262. The summed E-state index contributed by atoms with van der Waals surface area (Å²) in [4.78, 5) is 37.9. The highest BCUT2D eigenvalue weighted by Crippen LogP contribution is 2.15. The molecule has 0 N–H and O–H groups in total. The molecular formula is C58H102O6. The SMILES string of the molecule is CCC/C=C\C/C=C\CCCCCCCC(=O)OC(COC(=O)CCCCCCC/C=C\CCC)COC(=O)CCCCCCCCCCCCC/C=C\C/C=C\CCCCCCC. The summed E-state index contributed by atoms with van der Waals surface area (Å²) < 4.78 is 16.8. The van der Waals surface area contributed by atoms with Gasteiger partial charge in [-0.25, -0.2) is 0 Å². The van der Waals surface area contributed by atoms with Crippen LogP contribution in [0.5, 0.6) is 0 Å². The molecule has 0 heterocycles. The molecule has 0 amide bonds. The Morgan fingerprint density at radius 3 is 0.953 bits per heavy atom. The third-order valence-electron chi connectivity index (χ3n) is 11.7. The van der Waals surface area contributed by atoms with E-state index >= 15 is 0 Å². The Labute approximate surface area is 396 Å². The van der Waals surface area contributed by atoms with Crippen LogP contribution in [0.15, 0.2) is 60.8 Å². The Morgan fingerprint density at radius 1 is 0.312 bits per heavy atom. The van der Waals surface area contributed by atoms with Crippen molar-refractivity contribution >= 4 is 17.9 Å². The number of carbonyl (C=O) groups is 3. The molecule has 0 aromatic heterocycles. The molecule has 6 nitrogen and oxygen atoms in total. The summed E-state index contributed by atoms with van der Waals surface area (Å²) in [7, 11) is 0. The number of unbranched alkanes of at least 4 members (excludes halogenated alkanes) is 28. The lowest BCUT2D eigenvalue weighted by atomic mass is 10.0. The van der Waals surface area contributed by atoms with Crippen molar-refractivity contribution in [2.45, 2.75) is 277 Å². The van der Waals surface area contributed by atoms with Crippen LogP contribution in [0, 0.1) is 0 Å². The molecule has 0 aliphatic heterocycles. The van der Waals surface area contributed by atoms with Gasteiger partial charge >= 0.3 is 17.9 Å². The predicted octanol–water partition coefficient (Wildman–Crippen LogP) is 18.0. The van der Waals surface area contributed by atoms with E-state index in [2.05, 4.69) is 81.5 Å². The van der Waals surface area contributed by atoms with Crippen molar-refractivity contribution in [3.8, 4) is 0 Å². The van der Waals surface area contributed by atoms with E-state index < -0.39 is 6.10 Å². The van der Waals surface area contributed by atoms with Crippen LogP contribution in [0.1, 0.15) is 271 Å². The summed E-state index contributed by atoms with van der Waals surface area (Å²) in [6, 6.07) is 0. The van der Waals surface area contributed by atoms with Gasteiger partial charge in [-0.05, 0) is 96.3 Å². The molecular weight excluding hydrogens is 793 g/mol. The van der Waals surface area contributed by atoms with Gasteiger partial charge < -0.3 is 14.2 Å². The summed E-state index contributed by atoms with van der Waals surface area (Å²) in [5.74, 6) is -0.906. The maximum absolute atomic E-state index is 12.8. The molecule has 0 fully saturated rings. The Bertz CT molecular complexity index is 1170. The van der Waals surface area contributed by atoms with Crippen LogP contribution in [0.4, 0.5) is 0 Å². The highest BCUT2D eigenvalue weighted by atomic mass is 16.6. The smallest absolute Gasteiger partial charge is 0.306 e. The molecule has 1 unspecified atom stereocenters. The van der Waals surface area contributed by atoms with Gasteiger partial charge in [-0.2, -0.15) is 0 Å². The second kappa shape index (κ2) is 52.7. The molecule has 0 aliphatic rings. The Balaban J connectivity index is 4.25. The van der Waals surface area contributed by atoms with Crippen LogP contribution >= 0.6 is 0 Å². The predicted molar refractivity (Wildman–Crippen MR) is 275 cm³/mol. The number of esters is 3. The largest absolute Gasteiger partial charge is 0.462 e. The first-order valence-electron chi connectivity index (χ1n) is 27.3. The third-order valence-corrected chi connectivity index (χ3v) is 11.7. The summed E-state index contributed by atoms with van der Waals surface area (Å²) in [6.07, 6.45) is 65.0. The molecule has 0 aliphatic carbocycles. The normalized spacial score (nSPS) is 12.5. The van der Waals surface area contributed by atoms with Gasteiger partial charge in [0.05, 0.1) is 0 Å². The van der Waals surface area contributed by atoms with Gasteiger partial charge in [-0.3, -0.25) is 14.4 Å². The van der Waals surface area contributed by atoms with Gasteiger partial charge in [0.2, 0.25) is 0 Å². The van der Waals surface area contributed by atoms with Gasteiger partial charge in [0, 0.05) is 19.3 Å². The van der Waals surface area contributed by atoms with E-state index in [0.717, 1.165) is 109 Å². The van der Waals surface area contributed by atoms with E-state index in [9.17, 15) is 14.4 Å². The lowest BCUT2D eigenvalue weighted by molar-refractivity contribution is -0.167. The maximum Gasteiger partial charge on any atom is 0.306 e. The number of ether oxygens (including phenoxy) is 3. The lowest BCUT2D eigenvalue weighted by Crippen LogP contribution is -2.30. The second-order valence-corrected chi connectivity index (χ2v) is 18.1. The van der Waals surface area contributed by atoms with E-state index in [1.54, 1.807) is 0 Å². The van der Waals surface area contributed by atoms with E-state index in [1.807, 2.05) is 0 Å². The van der Waals surface area contributed by atoms with E-state index in [0.29, 0.717) is 19.3 Å². The molecule has 0 aromatic rings. The molecule has 0 radical (unpaired) electrons. The molecule has 0 spiro atoms. The zero-order valence-corrected chi connectivity index (χ0v) is 42.3. The zero-order valence-electron chi connectivity index (χ0n) is 42.3. The van der Waals surface area contributed by atoms with Crippen LogP contribution in [-0.4, -0.2) is 37.2 Å². The molecule has 0 saturated heterocycles. The fourth-order valence-corrected chi connectivity index (χ4v) is 7.57. The molecule has 1 atom stereocenters. The summed E-state index contributed by atoms with van der Waals surface area (Å²) in [5.41, 5.74) is 0. The number of hydrogen-bond donors (Lipinski definition) is 0. The third kappa shape index (κ3) is 50.1. The van der Waals surface area contributed by atoms with Crippen LogP contribution in [0.3, 0.4) is 0 Å². The molecule has 0 bridgehead atoms. The Hall–Kier alpha value is -2.89. The van der Waals surface area contributed by atoms with Crippen molar-refractivity contribution in [1.82, 2.24) is 0 Å². The fourth-order valence-electron chi connectivity index (χ4n) is 7.57. The minimum atomic E-state index is -0.784. The average Bonchev–Trinajstić information content (AvgIpc) is 3.29. The van der Waals surface area contributed by atoms with Crippen LogP contribution in [0.2, 0.25) is 0 Å². The lowest BCUT2D eigenvalue weighted by Gasteiger charge is -2.18. The summed E-state index contributed by atoms with van der Waals surface area (Å²) in [5, 5.41) is 0. The Morgan fingerprint density at radius 2 is 0.594 bits per heavy atom. The van der Waals surface area contributed by atoms with E-state index in [-0.39, 0.29) is 31.1 Å². The second-order valence-electron chi connectivity index (χ2n) is 18.1. The first-order valence-corrected chi connectivity index (χ1v) is 27.3. The van der Waals surface area contributed by atoms with Gasteiger partial charge in [-0.1, -0.05) is 216 Å². The highest BCUT2D eigenvalue weighted by Gasteiger charge is 2.19. The fraction of sp³-hybridized carbons (Fsp3) is 0.776. The number of allylic oxidation sites excluding steroid dienone is 10. The molecule has 6 heteroatoms. The number of carbonyl (C=O) groups excluding carboxylic acids is 3. The van der Waals surface area contributed by atoms with E-state index in [1.165, 1.54) is 122 Å². The minimum Gasteiger partial charge on any atom is -0.462 e. The summed E-state index contributed by atoms with van der Waals surface area (Å²) >= 11 is 0. The maximum atomic E-state index is 12.8. The molecule has 0 aromatic carbocycles. The first kappa shape index (κ1) is 61.1. The van der Waals surface area contributed by atoms with Crippen molar-refractivity contribution in [1.29, 1.82) is 0 Å². The van der Waals surface area contributed by atoms with Crippen molar-refractivity contribution in [2.75, 3.05) is 13.2 Å². The molecule has 0 saturated carbocycles. The molecule has 0 rings (SSSR count). The van der Waals surface area contributed by atoms with Crippen LogP contribution < -0.4 is 0 Å². The van der Waals surface area contributed by atoms with Gasteiger partial charge in [0.15, 0.2) is 6.10 Å². The topological polar surface area (TPSA) is 78.9 Å². The number of rotatable bonds is 49. The standard InChI is InChI=1S/C58H102O6/c1-4-7-10-13-16-19-22-24-25-26-27-28-29-30-31-32-33-35-36-39-42-45-48-51-57(60)63-54-55(53-62-56(59)50-47-44-41-38-21-18-15-12-9-6-3)64-58(61)52-49-46-43-40-37-34-23-20-17-14-11-8-5-2/h11-12,14-15,20,22-24,26-27,55H,4-10,13,16-19,21,25,28-54H2,1-3H3/b14-11-,15-12-,23-20-,24-22-,27-26-. The first-order chi connectivity index (χ1) is 31.5. The van der Waals surface area contributed by atoms with Gasteiger partial charge in [0.25, 0.3) is 0 Å². The summed E-state index contributed by atoms with van der Waals surface area (Å²) in [6.45, 7) is 6.49. The van der Waals surface area contributed by atoms with Gasteiger partial charge in [0.1, 0.15) is 13.2 Å². The highest BCUT2D eigenvalue weighted by molar-refractivity contribution is 5.71. The van der Waals surface area contributed by atoms with Crippen molar-refractivity contribution < 1.29 is 28.6 Å².